The lowest BCUT2D eigenvalue weighted by Crippen LogP contribution is -1.93. The van der Waals surface area contributed by atoms with Crippen LogP contribution in [-0.4, -0.2) is 0 Å². The molecule has 3 aromatic rings. The average Bonchev–Trinajstić information content (AvgIpc) is 2.62. The quantitative estimate of drug-likeness (QED) is 0.441. The predicted molar refractivity (Wildman–Crippen MR) is 95.9 cm³/mol. The summed E-state index contributed by atoms with van der Waals surface area (Å²) in [5, 5.41) is 10.5. The maximum atomic E-state index is 9.79. The maximum absolute atomic E-state index is 9.79. The molecular formula is C21H14ClN. The van der Waals surface area contributed by atoms with E-state index in [0.29, 0.717) is 10.6 Å². The van der Waals surface area contributed by atoms with Crippen molar-refractivity contribution in [1.29, 1.82) is 5.26 Å². The number of benzene rings is 3. The molecular weight excluding hydrogens is 302 g/mol. The third-order valence-corrected chi connectivity index (χ3v) is 3.87. The summed E-state index contributed by atoms with van der Waals surface area (Å²) in [5.74, 6) is 0. The fraction of sp³-hybridized carbons (Fsp3) is 0. The highest BCUT2D eigenvalue weighted by Crippen LogP contribution is 2.32. The second-order valence-electron chi connectivity index (χ2n) is 5.10. The van der Waals surface area contributed by atoms with Crippen LogP contribution in [0.15, 0.2) is 84.9 Å². The summed E-state index contributed by atoms with van der Waals surface area (Å²) in [6, 6.07) is 29.7. The standard InChI is InChI=1S/C21H14ClN/c22-19-13-11-18(12-14-19)21(17-9-5-2-6-10-17)20(15-23)16-7-3-1-4-8-16/h1-14H/b21-20+. The highest BCUT2D eigenvalue weighted by molar-refractivity contribution is 6.30. The molecule has 0 saturated carbocycles. The van der Waals surface area contributed by atoms with Gasteiger partial charge >= 0.3 is 0 Å². The van der Waals surface area contributed by atoms with Crippen LogP contribution in [0.25, 0.3) is 11.1 Å². The molecule has 0 aliphatic rings. The summed E-state index contributed by atoms with van der Waals surface area (Å²) >= 11 is 6.01. The van der Waals surface area contributed by atoms with Gasteiger partial charge in [-0.3, -0.25) is 0 Å². The summed E-state index contributed by atoms with van der Waals surface area (Å²) in [5.41, 5.74) is 4.45. The van der Waals surface area contributed by atoms with Gasteiger partial charge in [-0.05, 0) is 28.8 Å². The molecule has 0 heterocycles. The van der Waals surface area contributed by atoms with Crippen LogP contribution in [0.3, 0.4) is 0 Å². The fourth-order valence-electron chi connectivity index (χ4n) is 2.55. The minimum absolute atomic E-state index is 0.652. The lowest BCUT2D eigenvalue weighted by molar-refractivity contribution is 1.50. The van der Waals surface area contributed by atoms with Crippen LogP contribution in [0.2, 0.25) is 5.02 Å². The fourth-order valence-corrected chi connectivity index (χ4v) is 2.67. The van der Waals surface area contributed by atoms with Gasteiger partial charge in [-0.2, -0.15) is 5.26 Å². The van der Waals surface area contributed by atoms with Crippen molar-refractivity contribution < 1.29 is 0 Å². The Bertz CT molecular complexity index is 857. The topological polar surface area (TPSA) is 23.8 Å². The van der Waals surface area contributed by atoms with Crippen molar-refractivity contribution in [3.8, 4) is 6.07 Å². The zero-order valence-electron chi connectivity index (χ0n) is 12.4. The third-order valence-electron chi connectivity index (χ3n) is 3.62. The Balaban J connectivity index is 2.29. The van der Waals surface area contributed by atoms with Gasteiger partial charge in [0.15, 0.2) is 0 Å². The van der Waals surface area contributed by atoms with Crippen molar-refractivity contribution in [2.24, 2.45) is 0 Å². The Morgan fingerprint density at radius 1 is 0.652 bits per heavy atom. The van der Waals surface area contributed by atoms with Crippen LogP contribution in [0.4, 0.5) is 0 Å². The molecule has 0 spiro atoms. The Hall–Kier alpha value is -2.82. The number of nitriles is 1. The van der Waals surface area contributed by atoms with Gasteiger partial charge in [0.25, 0.3) is 0 Å². The van der Waals surface area contributed by atoms with Gasteiger partial charge in [0.1, 0.15) is 6.07 Å². The first-order valence-corrected chi connectivity index (χ1v) is 7.68. The Labute approximate surface area is 141 Å². The van der Waals surface area contributed by atoms with E-state index in [0.717, 1.165) is 22.3 Å². The smallest absolute Gasteiger partial charge is 0.100 e. The van der Waals surface area contributed by atoms with E-state index in [1.54, 1.807) is 0 Å². The minimum atomic E-state index is 0.652. The molecule has 0 aliphatic carbocycles. The SMILES string of the molecule is N#C/C(=C(/c1ccccc1)c1ccc(Cl)cc1)c1ccccc1. The van der Waals surface area contributed by atoms with Crippen molar-refractivity contribution in [2.75, 3.05) is 0 Å². The molecule has 0 aromatic heterocycles. The number of nitrogens with zero attached hydrogens (tertiary/aromatic N) is 1. The molecule has 0 atom stereocenters. The molecule has 0 amide bonds. The van der Waals surface area contributed by atoms with Crippen LogP contribution in [-0.2, 0) is 0 Å². The molecule has 0 N–H and O–H groups in total. The van der Waals surface area contributed by atoms with Gasteiger partial charge in [0.2, 0.25) is 0 Å². The summed E-state index contributed by atoms with van der Waals surface area (Å²) in [4.78, 5) is 0. The maximum Gasteiger partial charge on any atom is 0.100 e. The average molecular weight is 316 g/mol. The van der Waals surface area contributed by atoms with Gasteiger partial charge in [-0.15, -0.1) is 0 Å². The highest BCUT2D eigenvalue weighted by Gasteiger charge is 2.13. The minimum Gasteiger partial charge on any atom is -0.192 e. The first-order valence-electron chi connectivity index (χ1n) is 7.31. The predicted octanol–water partition coefficient (Wildman–Crippen LogP) is 5.82. The summed E-state index contributed by atoms with van der Waals surface area (Å²) in [6.07, 6.45) is 0. The van der Waals surface area contributed by atoms with E-state index in [9.17, 15) is 5.26 Å². The van der Waals surface area contributed by atoms with Crippen LogP contribution < -0.4 is 0 Å². The van der Waals surface area contributed by atoms with E-state index in [2.05, 4.69) is 6.07 Å². The third kappa shape index (κ3) is 3.34. The van der Waals surface area contributed by atoms with E-state index < -0.39 is 0 Å². The lowest BCUT2D eigenvalue weighted by Gasteiger charge is -2.12. The van der Waals surface area contributed by atoms with Crippen molar-refractivity contribution in [3.05, 3.63) is 107 Å². The molecule has 23 heavy (non-hydrogen) atoms. The zero-order chi connectivity index (χ0) is 16.1. The first kappa shape index (κ1) is 15.1. The van der Waals surface area contributed by atoms with E-state index >= 15 is 0 Å². The van der Waals surface area contributed by atoms with Crippen molar-refractivity contribution in [1.82, 2.24) is 0 Å². The molecule has 0 aliphatic heterocycles. The molecule has 0 bridgehead atoms. The van der Waals surface area contributed by atoms with Crippen molar-refractivity contribution >= 4 is 22.7 Å². The molecule has 110 valence electrons. The first-order chi connectivity index (χ1) is 11.3. The molecule has 0 saturated heterocycles. The lowest BCUT2D eigenvalue weighted by atomic mass is 9.90. The van der Waals surface area contributed by atoms with Gasteiger partial charge < -0.3 is 0 Å². The Kier molecular flexibility index (Phi) is 4.57. The number of hydrogen-bond acceptors (Lipinski definition) is 1. The van der Waals surface area contributed by atoms with E-state index in [1.807, 2.05) is 84.9 Å². The van der Waals surface area contributed by atoms with Crippen LogP contribution in [0.1, 0.15) is 16.7 Å². The monoisotopic (exact) mass is 315 g/mol. The number of hydrogen-bond donors (Lipinski definition) is 0. The second kappa shape index (κ2) is 6.96. The summed E-state index contributed by atoms with van der Waals surface area (Å²) in [7, 11) is 0. The van der Waals surface area contributed by atoms with Crippen molar-refractivity contribution in [3.63, 3.8) is 0 Å². The molecule has 0 radical (unpaired) electrons. The molecule has 3 rings (SSSR count). The van der Waals surface area contributed by atoms with E-state index in [1.165, 1.54) is 0 Å². The molecule has 3 aromatic carbocycles. The Morgan fingerprint density at radius 2 is 1.13 bits per heavy atom. The van der Waals surface area contributed by atoms with E-state index in [4.69, 9.17) is 11.6 Å². The van der Waals surface area contributed by atoms with Gasteiger partial charge in [-0.1, -0.05) is 84.4 Å². The van der Waals surface area contributed by atoms with Gasteiger partial charge in [0.05, 0.1) is 5.57 Å². The summed E-state index contributed by atoms with van der Waals surface area (Å²) in [6.45, 7) is 0. The van der Waals surface area contributed by atoms with Crippen LogP contribution >= 0.6 is 11.6 Å². The van der Waals surface area contributed by atoms with E-state index in [-0.39, 0.29) is 0 Å². The number of halogens is 1. The van der Waals surface area contributed by atoms with Crippen LogP contribution in [0.5, 0.6) is 0 Å². The van der Waals surface area contributed by atoms with Gasteiger partial charge in [-0.25, -0.2) is 0 Å². The van der Waals surface area contributed by atoms with Gasteiger partial charge in [0, 0.05) is 10.6 Å². The Morgan fingerprint density at radius 3 is 1.65 bits per heavy atom. The molecule has 2 heteroatoms. The summed E-state index contributed by atoms with van der Waals surface area (Å²) < 4.78 is 0. The largest absolute Gasteiger partial charge is 0.192 e. The highest BCUT2D eigenvalue weighted by atomic mass is 35.5. The molecule has 1 nitrogen and oxygen atoms in total. The molecule has 0 unspecified atom stereocenters. The number of allylic oxidation sites excluding steroid dienone is 1. The molecule has 0 fully saturated rings. The second-order valence-corrected chi connectivity index (χ2v) is 5.54. The zero-order valence-corrected chi connectivity index (χ0v) is 13.2. The van der Waals surface area contributed by atoms with Crippen LogP contribution in [0, 0.1) is 11.3 Å². The van der Waals surface area contributed by atoms with Crippen molar-refractivity contribution in [2.45, 2.75) is 0 Å². The normalized spacial score (nSPS) is 11.5. The number of rotatable bonds is 3.